The molecule has 3 heteroatoms. The predicted molar refractivity (Wildman–Crippen MR) is 71.8 cm³/mol. The summed E-state index contributed by atoms with van der Waals surface area (Å²) >= 11 is 0. The van der Waals surface area contributed by atoms with Crippen LogP contribution >= 0.6 is 0 Å². The van der Waals surface area contributed by atoms with Gasteiger partial charge in [-0.25, -0.2) is 4.39 Å². The molecule has 0 saturated heterocycles. The molecule has 0 aliphatic rings. The quantitative estimate of drug-likeness (QED) is 0.814. The van der Waals surface area contributed by atoms with E-state index in [1.54, 1.807) is 6.92 Å². The lowest BCUT2D eigenvalue weighted by atomic mass is 10.0. The van der Waals surface area contributed by atoms with Gasteiger partial charge < -0.3 is 10.6 Å². The molecule has 0 aromatic heterocycles. The summed E-state index contributed by atoms with van der Waals surface area (Å²) in [6.45, 7) is 10.2. The van der Waals surface area contributed by atoms with Crippen LogP contribution in [0.5, 0.6) is 0 Å². The molecule has 0 radical (unpaired) electrons. The Morgan fingerprint density at radius 2 is 2.12 bits per heavy atom. The number of anilines is 1. The summed E-state index contributed by atoms with van der Waals surface area (Å²) in [7, 11) is 1.97. The molecule has 0 bridgehead atoms. The number of hydrogen-bond acceptors (Lipinski definition) is 2. The highest BCUT2D eigenvalue weighted by molar-refractivity contribution is 5.57. The molecule has 0 unspecified atom stereocenters. The average molecular weight is 236 g/mol. The summed E-state index contributed by atoms with van der Waals surface area (Å²) in [6.07, 6.45) is 0. The number of rotatable bonds is 4. The first kappa shape index (κ1) is 13.7. The van der Waals surface area contributed by atoms with Gasteiger partial charge in [-0.2, -0.15) is 0 Å². The largest absolute Gasteiger partial charge is 0.370 e. The number of likely N-dealkylation sites (N-methyl/N-ethyl adjacent to an activating group) is 1. The van der Waals surface area contributed by atoms with Crippen LogP contribution in [0.15, 0.2) is 24.3 Å². The van der Waals surface area contributed by atoms with Gasteiger partial charge in [0.05, 0.1) is 0 Å². The molecule has 0 aliphatic carbocycles. The number of hydrogen-bond donors (Lipinski definition) is 1. The van der Waals surface area contributed by atoms with E-state index in [-0.39, 0.29) is 11.9 Å². The van der Waals surface area contributed by atoms with Crippen molar-refractivity contribution in [2.45, 2.75) is 26.8 Å². The second kappa shape index (κ2) is 5.32. The van der Waals surface area contributed by atoms with E-state index in [1.165, 1.54) is 6.07 Å². The SMILES string of the molecule is C=C(C)CN(C)c1cc(C)c(F)cc1[C@H](C)N. The molecule has 1 atom stereocenters. The van der Waals surface area contributed by atoms with Gasteiger partial charge in [-0.15, -0.1) is 0 Å². The smallest absolute Gasteiger partial charge is 0.126 e. The zero-order chi connectivity index (χ0) is 13.2. The minimum absolute atomic E-state index is 0.187. The molecule has 94 valence electrons. The third kappa shape index (κ3) is 3.30. The van der Waals surface area contributed by atoms with Crippen molar-refractivity contribution < 1.29 is 4.39 Å². The molecule has 1 aromatic rings. The van der Waals surface area contributed by atoms with Crippen LogP contribution in [0.25, 0.3) is 0 Å². The van der Waals surface area contributed by atoms with Crippen molar-refractivity contribution in [1.82, 2.24) is 0 Å². The maximum Gasteiger partial charge on any atom is 0.126 e. The Morgan fingerprint density at radius 3 is 2.59 bits per heavy atom. The van der Waals surface area contributed by atoms with Crippen molar-refractivity contribution in [3.05, 3.63) is 41.2 Å². The van der Waals surface area contributed by atoms with Gasteiger partial charge in [0.25, 0.3) is 0 Å². The van der Waals surface area contributed by atoms with Crippen molar-refractivity contribution in [2.75, 3.05) is 18.5 Å². The monoisotopic (exact) mass is 236 g/mol. The van der Waals surface area contributed by atoms with Gasteiger partial charge in [-0.05, 0) is 44.0 Å². The van der Waals surface area contributed by atoms with Gasteiger partial charge in [0.2, 0.25) is 0 Å². The Balaban J connectivity index is 3.20. The molecule has 0 heterocycles. The lowest BCUT2D eigenvalue weighted by molar-refractivity contribution is 0.613. The van der Waals surface area contributed by atoms with E-state index in [0.717, 1.165) is 23.4 Å². The van der Waals surface area contributed by atoms with E-state index in [4.69, 9.17) is 5.73 Å². The first-order valence-electron chi connectivity index (χ1n) is 5.74. The predicted octanol–water partition coefficient (Wildman–Crippen LogP) is 3.17. The molecule has 1 rings (SSSR count). The van der Waals surface area contributed by atoms with Gasteiger partial charge in [0, 0.05) is 25.3 Å². The van der Waals surface area contributed by atoms with Crippen LogP contribution in [0.2, 0.25) is 0 Å². The van der Waals surface area contributed by atoms with Crippen molar-refractivity contribution >= 4 is 5.69 Å². The van der Waals surface area contributed by atoms with E-state index in [2.05, 4.69) is 6.58 Å². The summed E-state index contributed by atoms with van der Waals surface area (Å²) < 4.78 is 13.6. The van der Waals surface area contributed by atoms with Crippen molar-refractivity contribution in [3.8, 4) is 0 Å². The molecule has 0 spiro atoms. The van der Waals surface area contributed by atoms with E-state index in [1.807, 2.05) is 31.9 Å². The van der Waals surface area contributed by atoms with Gasteiger partial charge in [0.15, 0.2) is 0 Å². The molecule has 1 aromatic carbocycles. The highest BCUT2D eigenvalue weighted by Gasteiger charge is 2.14. The average Bonchev–Trinajstić information content (AvgIpc) is 2.19. The normalized spacial score (nSPS) is 12.4. The Hall–Kier alpha value is -1.35. The second-order valence-electron chi connectivity index (χ2n) is 4.76. The summed E-state index contributed by atoms with van der Waals surface area (Å²) in [5.41, 5.74) is 9.39. The maximum atomic E-state index is 13.6. The fourth-order valence-corrected chi connectivity index (χ4v) is 1.87. The molecular formula is C14H21FN2. The van der Waals surface area contributed by atoms with Crippen molar-refractivity contribution in [2.24, 2.45) is 5.73 Å². The zero-order valence-corrected chi connectivity index (χ0v) is 11.0. The maximum absolute atomic E-state index is 13.6. The summed E-state index contributed by atoms with van der Waals surface area (Å²) in [4.78, 5) is 2.05. The highest BCUT2D eigenvalue weighted by Crippen LogP contribution is 2.28. The number of nitrogens with zero attached hydrogens (tertiary/aromatic N) is 1. The lowest BCUT2D eigenvalue weighted by Gasteiger charge is -2.25. The molecule has 0 saturated carbocycles. The van der Waals surface area contributed by atoms with Gasteiger partial charge >= 0.3 is 0 Å². The van der Waals surface area contributed by atoms with Crippen LogP contribution in [0, 0.1) is 12.7 Å². The van der Waals surface area contributed by atoms with Crippen molar-refractivity contribution in [1.29, 1.82) is 0 Å². The molecule has 17 heavy (non-hydrogen) atoms. The fourth-order valence-electron chi connectivity index (χ4n) is 1.87. The topological polar surface area (TPSA) is 29.3 Å². The zero-order valence-electron chi connectivity index (χ0n) is 11.0. The standard InChI is InChI=1S/C14H21FN2/c1-9(2)8-17(5)14-6-10(3)13(15)7-12(14)11(4)16/h6-7,11H,1,8,16H2,2-5H3/t11-/m0/s1. The first-order chi connectivity index (χ1) is 7.82. The molecular weight excluding hydrogens is 215 g/mol. The van der Waals surface area contributed by atoms with E-state index < -0.39 is 0 Å². The summed E-state index contributed by atoms with van der Waals surface area (Å²) in [5, 5.41) is 0. The molecule has 2 N–H and O–H groups in total. The van der Waals surface area contributed by atoms with E-state index in [0.29, 0.717) is 5.56 Å². The van der Waals surface area contributed by atoms with Gasteiger partial charge in [-0.1, -0.05) is 12.2 Å². The van der Waals surface area contributed by atoms with Crippen LogP contribution in [-0.4, -0.2) is 13.6 Å². The van der Waals surface area contributed by atoms with Crippen LogP contribution in [0.3, 0.4) is 0 Å². The van der Waals surface area contributed by atoms with E-state index >= 15 is 0 Å². The minimum atomic E-state index is -0.204. The molecule has 0 aliphatic heterocycles. The Morgan fingerprint density at radius 1 is 1.53 bits per heavy atom. The fraction of sp³-hybridized carbons (Fsp3) is 0.429. The molecule has 2 nitrogen and oxygen atoms in total. The Labute approximate surface area is 103 Å². The number of benzene rings is 1. The number of aryl methyl sites for hydroxylation is 1. The van der Waals surface area contributed by atoms with Crippen LogP contribution in [0.1, 0.15) is 31.0 Å². The molecule has 0 fully saturated rings. The Bertz CT molecular complexity index is 424. The number of nitrogens with two attached hydrogens (primary N) is 1. The van der Waals surface area contributed by atoms with Gasteiger partial charge in [-0.3, -0.25) is 0 Å². The van der Waals surface area contributed by atoms with Crippen LogP contribution in [0.4, 0.5) is 10.1 Å². The van der Waals surface area contributed by atoms with Crippen LogP contribution in [-0.2, 0) is 0 Å². The third-order valence-electron chi connectivity index (χ3n) is 2.72. The first-order valence-corrected chi connectivity index (χ1v) is 5.74. The van der Waals surface area contributed by atoms with Crippen molar-refractivity contribution in [3.63, 3.8) is 0 Å². The van der Waals surface area contributed by atoms with E-state index in [9.17, 15) is 4.39 Å². The summed E-state index contributed by atoms with van der Waals surface area (Å²) in [6, 6.07) is 3.19. The van der Waals surface area contributed by atoms with Crippen LogP contribution < -0.4 is 10.6 Å². The minimum Gasteiger partial charge on any atom is -0.370 e. The highest BCUT2D eigenvalue weighted by atomic mass is 19.1. The Kier molecular flexibility index (Phi) is 4.29. The molecule has 0 amide bonds. The lowest BCUT2D eigenvalue weighted by Crippen LogP contribution is -2.22. The second-order valence-corrected chi connectivity index (χ2v) is 4.76. The third-order valence-corrected chi connectivity index (χ3v) is 2.72. The van der Waals surface area contributed by atoms with Gasteiger partial charge in [0.1, 0.15) is 5.82 Å². The summed E-state index contributed by atoms with van der Waals surface area (Å²) in [5.74, 6) is -0.204. The number of halogens is 1.